The van der Waals surface area contributed by atoms with Gasteiger partial charge < -0.3 is 34.8 Å². The summed E-state index contributed by atoms with van der Waals surface area (Å²) in [5, 5.41) is 8.10. The summed E-state index contributed by atoms with van der Waals surface area (Å²) in [5.74, 6) is -1.15. The van der Waals surface area contributed by atoms with Gasteiger partial charge in [-0.05, 0) is 82.3 Å². The molecule has 3 N–H and O–H groups in total. The molecule has 0 spiro atoms. The van der Waals surface area contributed by atoms with Crippen molar-refractivity contribution >= 4 is 38.0 Å². The van der Waals surface area contributed by atoms with Gasteiger partial charge in [0, 0.05) is 12.7 Å². The van der Waals surface area contributed by atoms with Crippen LogP contribution in [0.25, 0.3) is 0 Å². The minimum Gasteiger partial charge on any atom is -0.445 e. The fourth-order valence-electron chi connectivity index (χ4n) is 3.96. The summed E-state index contributed by atoms with van der Waals surface area (Å²) >= 11 is 0. The minimum absolute atomic E-state index is 0.0876. The van der Waals surface area contributed by atoms with Gasteiger partial charge in [-0.15, -0.1) is 0 Å². The summed E-state index contributed by atoms with van der Waals surface area (Å²) in [4.78, 5) is 52.3. The van der Waals surface area contributed by atoms with Crippen molar-refractivity contribution < 1.29 is 33.1 Å². The smallest absolute Gasteiger partial charge is 0.410 e. The summed E-state index contributed by atoms with van der Waals surface area (Å²) in [6.07, 6.45) is 0.672. The number of likely N-dealkylation sites (N-methyl/N-ethyl adjacent to an activating group) is 1. The van der Waals surface area contributed by atoms with Crippen LogP contribution >= 0.6 is 0 Å². The number of rotatable bonds is 12. The zero-order valence-electron chi connectivity index (χ0n) is 28.7. The van der Waals surface area contributed by atoms with E-state index in [4.69, 9.17) is 13.9 Å². The van der Waals surface area contributed by atoms with Crippen molar-refractivity contribution in [2.75, 3.05) is 19.0 Å². The van der Waals surface area contributed by atoms with Gasteiger partial charge in [-0.3, -0.25) is 9.59 Å². The van der Waals surface area contributed by atoms with Gasteiger partial charge in [-0.2, -0.15) is 0 Å². The third-order valence-electron chi connectivity index (χ3n) is 8.28. The Balaban J connectivity index is 1.86. The molecule has 0 unspecified atom stereocenters. The average Bonchev–Trinajstić information content (AvgIpc) is 3.69. The van der Waals surface area contributed by atoms with E-state index in [1.54, 1.807) is 77.8 Å². The van der Waals surface area contributed by atoms with Crippen LogP contribution in [0.4, 0.5) is 15.3 Å². The van der Waals surface area contributed by atoms with Crippen LogP contribution in [0.1, 0.15) is 80.7 Å². The molecule has 12 heteroatoms. The largest absolute Gasteiger partial charge is 0.445 e. The van der Waals surface area contributed by atoms with Gasteiger partial charge in [0.25, 0.3) is 0 Å². The Morgan fingerprint density at radius 3 is 1.98 bits per heavy atom. The van der Waals surface area contributed by atoms with E-state index in [0.29, 0.717) is 12.3 Å². The normalized spacial score (nSPS) is 15.9. The van der Waals surface area contributed by atoms with Crippen LogP contribution in [-0.2, 0) is 30.1 Å². The summed E-state index contributed by atoms with van der Waals surface area (Å²) in [5.41, 5.74) is 0.271. The van der Waals surface area contributed by atoms with Crippen molar-refractivity contribution in [1.82, 2.24) is 15.5 Å². The van der Waals surface area contributed by atoms with Crippen molar-refractivity contribution in [3.63, 3.8) is 0 Å². The van der Waals surface area contributed by atoms with Crippen LogP contribution in [0.5, 0.6) is 0 Å². The summed E-state index contributed by atoms with van der Waals surface area (Å²) in [6.45, 7) is 22.0. The third kappa shape index (κ3) is 10.8. The van der Waals surface area contributed by atoms with Gasteiger partial charge in [-0.25, -0.2) is 9.59 Å². The Morgan fingerprint density at radius 1 is 0.932 bits per heavy atom. The lowest BCUT2D eigenvalue weighted by Gasteiger charge is -2.38. The summed E-state index contributed by atoms with van der Waals surface area (Å²) in [6, 6.07) is 5.19. The van der Waals surface area contributed by atoms with Gasteiger partial charge >= 0.3 is 12.2 Å². The van der Waals surface area contributed by atoms with Crippen LogP contribution in [0.2, 0.25) is 18.1 Å². The number of benzene rings is 1. The number of hydrogen-bond acceptors (Lipinski definition) is 7. The van der Waals surface area contributed by atoms with Crippen LogP contribution in [0.15, 0.2) is 24.3 Å². The Labute approximate surface area is 264 Å². The van der Waals surface area contributed by atoms with E-state index in [0.717, 1.165) is 18.4 Å². The van der Waals surface area contributed by atoms with Gasteiger partial charge in [-0.1, -0.05) is 46.8 Å². The maximum Gasteiger partial charge on any atom is 0.410 e. The molecule has 2 rings (SSSR count). The lowest BCUT2D eigenvalue weighted by molar-refractivity contribution is -0.128. The molecular weight excluding hydrogens is 580 g/mol. The average molecular weight is 635 g/mol. The minimum atomic E-state index is -1.93. The predicted octanol–water partition coefficient (Wildman–Crippen LogP) is 5.80. The second kappa shape index (κ2) is 14.3. The highest BCUT2D eigenvalue weighted by Crippen LogP contribution is 2.44. The molecule has 1 aromatic rings. The number of carbonyl (C=O) groups excluding carboxylic acids is 4. The molecule has 2 atom stereocenters. The fraction of sp³-hybridized carbons (Fsp3) is 0.688. The molecular formula is C32H54N4O7Si. The van der Waals surface area contributed by atoms with E-state index in [1.807, 2.05) is 0 Å². The topological polar surface area (TPSA) is 135 Å². The first-order valence-electron chi connectivity index (χ1n) is 15.3. The van der Waals surface area contributed by atoms with Crippen molar-refractivity contribution in [3.05, 3.63) is 29.8 Å². The Bertz CT molecular complexity index is 1170. The molecule has 1 aliphatic carbocycles. The molecule has 4 amide bonds. The molecule has 248 valence electrons. The highest BCUT2D eigenvalue weighted by molar-refractivity contribution is 6.74. The number of ether oxygens (including phenoxy) is 2. The van der Waals surface area contributed by atoms with Gasteiger partial charge in [0.2, 0.25) is 11.8 Å². The first-order valence-corrected chi connectivity index (χ1v) is 18.2. The lowest BCUT2D eigenvalue weighted by Crippen LogP contribution is -2.54. The molecule has 44 heavy (non-hydrogen) atoms. The van der Waals surface area contributed by atoms with Gasteiger partial charge in [0.1, 0.15) is 24.3 Å². The first-order chi connectivity index (χ1) is 20.1. The van der Waals surface area contributed by atoms with Crippen LogP contribution < -0.4 is 16.0 Å². The summed E-state index contributed by atoms with van der Waals surface area (Å²) in [7, 11) is -0.168. The number of nitrogens with one attached hydrogen (secondary N) is 3. The number of hydrogen-bond donors (Lipinski definition) is 3. The van der Waals surface area contributed by atoms with Crippen LogP contribution in [0.3, 0.4) is 0 Å². The number of nitrogens with zero attached hydrogens (tertiary/aromatic N) is 1. The van der Waals surface area contributed by atoms with Crippen molar-refractivity contribution in [2.24, 2.45) is 5.92 Å². The molecule has 0 saturated heterocycles. The molecule has 11 nitrogen and oxygen atoms in total. The molecule has 1 fully saturated rings. The monoisotopic (exact) mass is 634 g/mol. The number of amides is 4. The number of anilines is 1. The maximum absolute atomic E-state index is 12.8. The number of alkyl carbamates (subject to hydrolysis) is 1. The molecule has 0 bridgehead atoms. The highest BCUT2D eigenvalue weighted by atomic mass is 28.4. The van der Waals surface area contributed by atoms with Crippen molar-refractivity contribution in [1.29, 1.82) is 0 Å². The van der Waals surface area contributed by atoms with E-state index >= 15 is 0 Å². The van der Waals surface area contributed by atoms with Crippen molar-refractivity contribution in [2.45, 2.75) is 123 Å². The van der Waals surface area contributed by atoms with E-state index in [2.05, 4.69) is 49.8 Å². The molecule has 0 heterocycles. The van der Waals surface area contributed by atoms with E-state index in [-0.39, 0.29) is 23.1 Å². The lowest BCUT2D eigenvalue weighted by atomic mass is 10.0. The summed E-state index contributed by atoms with van der Waals surface area (Å²) < 4.78 is 17.2. The van der Waals surface area contributed by atoms with E-state index < -0.39 is 50.0 Å². The van der Waals surface area contributed by atoms with E-state index in [9.17, 15) is 19.2 Å². The zero-order chi connectivity index (χ0) is 33.7. The molecule has 0 radical (unpaired) electrons. The van der Waals surface area contributed by atoms with Gasteiger partial charge in [0.15, 0.2) is 8.32 Å². The Morgan fingerprint density at radius 2 is 1.50 bits per heavy atom. The standard InChI is InChI=1S/C32H54N4O7Si/c1-21(2)25(35-28(39)43-30(4,5)6)27(38)33-22(3)26(37)34-24-15-13-23(14-16-24)19-41-29(40)36(10)32(17-18-32)20-42-44(11,12)31(7,8)9/h13-16,21-22,25H,17-20H2,1-12H3,(H,33,38)(H,34,37)(H,35,39)/t22-,25-/m0/s1. The van der Waals surface area contributed by atoms with Crippen molar-refractivity contribution in [3.8, 4) is 0 Å². The zero-order valence-corrected chi connectivity index (χ0v) is 29.7. The first kappa shape index (κ1) is 37.1. The van der Waals surface area contributed by atoms with Crippen LogP contribution in [0, 0.1) is 5.92 Å². The third-order valence-corrected chi connectivity index (χ3v) is 12.8. The Hall–Kier alpha value is -3.12. The Kier molecular flexibility index (Phi) is 12.1. The second-order valence-corrected chi connectivity index (χ2v) is 19.5. The SMILES string of the molecule is CC(C)[C@H](NC(=O)OC(C)(C)C)C(=O)N[C@@H](C)C(=O)Nc1ccc(COC(=O)N(C)C2(CO[Si](C)(C)C(C)(C)C)CC2)cc1. The fourth-order valence-corrected chi connectivity index (χ4v) is 5.02. The second-order valence-electron chi connectivity index (χ2n) is 14.7. The molecule has 1 saturated carbocycles. The molecule has 0 aromatic heterocycles. The quantitative estimate of drug-likeness (QED) is 0.247. The predicted molar refractivity (Wildman–Crippen MR) is 174 cm³/mol. The van der Waals surface area contributed by atoms with E-state index in [1.165, 1.54) is 0 Å². The van der Waals surface area contributed by atoms with Crippen LogP contribution in [-0.4, -0.2) is 74.1 Å². The molecule has 0 aliphatic heterocycles. The van der Waals surface area contributed by atoms with Gasteiger partial charge in [0.05, 0.1) is 12.1 Å². The molecule has 1 aliphatic rings. The number of carbonyl (C=O) groups is 4. The highest BCUT2D eigenvalue weighted by Gasteiger charge is 2.51. The molecule has 1 aromatic carbocycles. The maximum atomic E-state index is 12.8.